The molecule has 3 aromatic rings. The fraction of sp³-hybridized carbons (Fsp3) is 0.240. The lowest BCUT2D eigenvalue weighted by Crippen LogP contribution is -2.24. The van der Waals surface area contributed by atoms with Gasteiger partial charge in [0, 0.05) is 13.1 Å². The molecule has 0 bridgehead atoms. The summed E-state index contributed by atoms with van der Waals surface area (Å²) in [5.41, 5.74) is 1.47. The number of halogens is 2. The molecular formula is C25H25F2NO2. The minimum absolute atomic E-state index is 0.135. The minimum atomic E-state index is -0.973. The van der Waals surface area contributed by atoms with Crippen LogP contribution in [-0.2, 0) is 17.8 Å². The third kappa shape index (κ3) is 5.44. The highest BCUT2D eigenvalue weighted by Crippen LogP contribution is 2.28. The van der Waals surface area contributed by atoms with Gasteiger partial charge in [-0.1, -0.05) is 74.0 Å². The number of hydrogen-bond acceptors (Lipinski definition) is 3. The predicted molar refractivity (Wildman–Crippen MR) is 114 cm³/mol. The number of carbonyl (C=O) groups excluding carboxylic acids is 1. The molecule has 0 amide bonds. The normalized spacial score (nSPS) is 10.6. The Hall–Kier alpha value is -3.21. The molecule has 0 aliphatic carbocycles. The Morgan fingerprint density at radius 3 is 1.97 bits per heavy atom. The molecule has 156 valence electrons. The van der Waals surface area contributed by atoms with E-state index in [0.717, 1.165) is 23.6 Å². The maximum absolute atomic E-state index is 15.4. The van der Waals surface area contributed by atoms with Crippen LogP contribution in [0.2, 0.25) is 0 Å². The number of esters is 1. The van der Waals surface area contributed by atoms with Gasteiger partial charge >= 0.3 is 5.97 Å². The third-order valence-electron chi connectivity index (χ3n) is 4.78. The highest BCUT2D eigenvalue weighted by Gasteiger charge is 2.24. The van der Waals surface area contributed by atoms with Crippen molar-refractivity contribution < 1.29 is 18.3 Å². The zero-order valence-corrected chi connectivity index (χ0v) is 17.0. The van der Waals surface area contributed by atoms with Gasteiger partial charge in [0.2, 0.25) is 0 Å². The maximum atomic E-state index is 15.4. The Morgan fingerprint density at radius 2 is 1.43 bits per heavy atom. The molecule has 3 aromatic carbocycles. The first-order valence-corrected chi connectivity index (χ1v) is 10.1. The number of carbonyl (C=O) groups is 1. The molecule has 0 aliphatic heterocycles. The van der Waals surface area contributed by atoms with Gasteiger partial charge < -0.3 is 9.64 Å². The van der Waals surface area contributed by atoms with E-state index in [1.165, 1.54) is 6.07 Å². The van der Waals surface area contributed by atoms with Crippen LogP contribution in [0.4, 0.5) is 14.5 Å². The van der Waals surface area contributed by atoms with Crippen LogP contribution in [-0.4, -0.2) is 12.6 Å². The molecule has 0 fully saturated rings. The number of rotatable bonds is 9. The molecular weight excluding hydrogens is 384 g/mol. The van der Waals surface area contributed by atoms with Gasteiger partial charge in [0.15, 0.2) is 5.82 Å². The van der Waals surface area contributed by atoms with Crippen LogP contribution in [0.15, 0.2) is 72.8 Å². The minimum Gasteiger partial charge on any atom is -0.462 e. The molecule has 0 heterocycles. The first kappa shape index (κ1) is 21.5. The third-order valence-corrected chi connectivity index (χ3v) is 4.78. The Balaban J connectivity index is 1.95. The Morgan fingerprint density at radius 1 is 0.867 bits per heavy atom. The van der Waals surface area contributed by atoms with Crippen LogP contribution in [0.5, 0.6) is 0 Å². The largest absolute Gasteiger partial charge is 0.462 e. The van der Waals surface area contributed by atoms with Crippen LogP contribution in [0.3, 0.4) is 0 Å². The van der Waals surface area contributed by atoms with E-state index in [2.05, 4.69) is 0 Å². The molecule has 0 aromatic heterocycles. The zero-order valence-electron chi connectivity index (χ0n) is 17.0. The number of anilines is 1. The monoisotopic (exact) mass is 409 g/mol. The summed E-state index contributed by atoms with van der Waals surface area (Å²) in [5, 5.41) is 0. The Labute approximate surface area is 175 Å². The second kappa shape index (κ2) is 10.5. The van der Waals surface area contributed by atoms with Crippen molar-refractivity contribution in [3.8, 4) is 0 Å². The predicted octanol–water partition coefficient (Wildman–Crippen LogP) is 6.13. The summed E-state index contributed by atoms with van der Waals surface area (Å²) in [6.07, 6.45) is 1.46. The van der Waals surface area contributed by atoms with Gasteiger partial charge in [-0.2, -0.15) is 0 Å². The topological polar surface area (TPSA) is 29.5 Å². The van der Waals surface area contributed by atoms with Crippen molar-refractivity contribution in [3.63, 3.8) is 0 Å². The fourth-order valence-corrected chi connectivity index (χ4v) is 3.19. The molecule has 3 nitrogen and oxygen atoms in total. The van der Waals surface area contributed by atoms with Crippen molar-refractivity contribution in [1.82, 2.24) is 0 Å². The maximum Gasteiger partial charge on any atom is 0.344 e. The molecule has 3 rings (SSSR count). The van der Waals surface area contributed by atoms with E-state index in [4.69, 9.17) is 4.74 Å². The lowest BCUT2D eigenvalue weighted by atomic mass is 10.1. The van der Waals surface area contributed by atoms with Gasteiger partial charge in [0.1, 0.15) is 11.4 Å². The van der Waals surface area contributed by atoms with Crippen LogP contribution in [0.25, 0.3) is 0 Å². The zero-order chi connectivity index (χ0) is 21.3. The average Bonchev–Trinajstić information content (AvgIpc) is 2.75. The molecule has 0 spiro atoms. The SMILES string of the molecule is CCCCOC(=O)c1c(F)ccc(N(Cc2ccccc2)Cc2ccccc2)c1F. The highest BCUT2D eigenvalue weighted by molar-refractivity contribution is 5.91. The number of benzene rings is 3. The molecule has 0 radical (unpaired) electrons. The fourth-order valence-electron chi connectivity index (χ4n) is 3.19. The summed E-state index contributed by atoms with van der Waals surface area (Å²) < 4.78 is 34.8. The molecule has 0 saturated carbocycles. The van der Waals surface area contributed by atoms with E-state index >= 15 is 4.39 Å². The molecule has 0 atom stereocenters. The van der Waals surface area contributed by atoms with Crippen LogP contribution in [0, 0.1) is 11.6 Å². The lowest BCUT2D eigenvalue weighted by molar-refractivity contribution is 0.0489. The van der Waals surface area contributed by atoms with E-state index in [0.29, 0.717) is 19.5 Å². The van der Waals surface area contributed by atoms with Crippen LogP contribution in [0.1, 0.15) is 41.3 Å². The molecule has 0 N–H and O–H groups in total. The van der Waals surface area contributed by atoms with Gasteiger partial charge in [-0.05, 0) is 29.7 Å². The van der Waals surface area contributed by atoms with Crippen molar-refractivity contribution in [1.29, 1.82) is 0 Å². The number of unbranched alkanes of at least 4 members (excludes halogenated alkanes) is 1. The van der Waals surface area contributed by atoms with Gasteiger partial charge in [-0.3, -0.25) is 0 Å². The van der Waals surface area contributed by atoms with E-state index < -0.39 is 23.2 Å². The average molecular weight is 409 g/mol. The Kier molecular flexibility index (Phi) is 7.55. The number of ether oxygens (including phenoxy) is 1. The van der Waals surface area contributed by atoms with Crippen molar-refractivity contribution in [2.45, 2.75) is 32.9 Å². The van der Waals surface area contributed by atoms with Gasteiger partial charge in [0.25, 0.3) is 0 Å². The molecule has 5 heteroatoms. The number of hydrogen-bond donors (Lipinski definition) is 0. The second-order valence-corrected chi connectivity index (χ2v) is 7.07. The van der Waals surface area contributed by atoms with Gasteiger partial charge in [-0.25, -0.2) is 13.6 Å². The first-order valence-electron chi connectivity index (χ1n) is 10.1. The quantitative estimate of drug-likeness (QED) is 0.315. The number of nitrogens with zero attached hydrogens (tertiary/aromatic N) is 1. The summed E-state index contributed by atoms with van der Waals surface area (Å²) in [5.74, 6) is -2.79. The van der Waals surface area contributed by atoms with Crippen LogP contribution < -0.4 is 4.90 Å². The lowest BCUT2D eigenvalue weighted by Gasteiger charge is -2.26. The van der Waals surface area contributed by atoms with E-state index in [9.17, 15) is 9.18 Å². The molecule has 0 aliphatic rings. The van der Waals surface area contributed by atoms with E-state index in [1.807, 2.05) is 67.6 Å². The summed E-state index contributed by atoms with van der Waals surface area (Å²) >= 11 is 0. The van der Waals surface area contributed by atoms with Crippen LogP contribution >= 0.6 is 0 Å². The molecule has 0 unspecified atom stereocenters. The second-order valence-electron chi connectivity index (χ2n) is 7.07. The highest BCUT2D eigenvalue weighted by atomic mass is 19.1. The Bertz CT molecular complexity index is 920. The van der Waals surface area contributed by atoms with Crippen molar-refractivity contribution in [2.24, 2.45) is 0 Å². The molecule has 0 saturated heterocycles. The van der Waals surface area contributed by atoms with Crippen molar-refractivity contribution in [3.05, 3.63) is 101 Å². The summed E-state index contributed by atoms with van der Waals surface area (Å²) in [4.78, 5) is 14.1. The summed E-state index contributed by atoms with van der Waals surface area (Å²) in [7, 11) is 0. The first-order chi connectivity index (χ1) is 14.6. The van der Waals surface area contributed by atoms with Gasteiger partial charge in [0.05, 0.1) is 12.3 Å². The smallest absolute Gasteiger partial charge is 0.344 e. The van der Waals surface area contributed by atoms with E-state index in [-0.39, 0.29) is 12.3 Å². The summed E-state index contributed by atoms with van der Waals surface area (Å²) in [6, 6.07) is 21.7. The standard InChI is InChI=1S/C25H25F2NO2/c1-2-3-16-30-25(29)23-21(26)14-15-22(24(23)27)28(17-19-10-6-4-7-11-19)18-20-12-8-5-9-13-20/h4-15H,2-3,16-18H2,1H3. The van der Waals surface area contributed by atoms with Crippen molar-refractivity contribution >= 4 is 11.7 Å². The van der Waals surface area contributed by atoms with Crippen molar-refractivity contribution in [2.75, 3.05) is 11.5 Å². The molecule has 30 heavy (non-hydrogen) atoms. The summed E-state index contributed by atoms with van der Waals surface area (Å²) in [6.45, 7) is 2.89. The van der Waals surface area contributed by atoms with E-state index in [1.54, 1.807) is 4.90 Å². The van der Waals surface area contributed by atoms with Gasteiger partial charge in [-0.15, -0.1) is 0 Å².